The number of pyridine rings is 1. The number of rotatable bonds is 2. The van der Waals surface area contributed by atoms with Gasteiger partial charge in [-0.25, -0.2) is 9.78 Å². The highest BCUT2D eigenvalue weighted by atomic mass is 16.4. The third-order valence-corrected chi connectivity index (χ3v) is 2.79. The third-order valence-electron chi connectivity index (χ3n) is 2.79. The van der Waals surface area contributed by atoms with Gasteiger partial charge in [-0.1, -0.05) is 0 Å². The van der Waals surface area contributed by atoms with Crippen molar-refractivity contribution in [3.05, 3.63) is 24.0 Å². The number of nitrogens with zero attached hydrogens (tertiary/aromatic N) is 2. The summed E-state index contributed by atoms with van der Waals surface area (Å²) in [6.07, 6.45) is 3.72. The van der Waals surface area contributed by atoms with Crippen molar-refractivity contribution >= 4 is 11.7 Å². The number of nitrogens with two attached hydrogens (primary N) is 1. The first-order valence-electron chi connectivity index (χ1n) is 5.36. The maximum Gasteiger partial charge on any atom is 0.354 e. The first kappa shape index (κ1) is 10.9. The minimum atomic E-state index is -0.998. The zero-order chi connectivity index (χ0) is 11.5. The standard InChI is InChI=1S/C11H15N3O2/c12-8-2-1-5-14(7-8)9-3-4-10(11(15)16)13-6-9/h3-4,6,8H,1-2,5,7,12H2,(H,15,16). The molecule has 2 heterocycles. The van der Waals surface area contributed by atoms with Crippen LogP contribution in [0.25, 0.3) is 0 Å². The van der Waals surface area contributed by atoms with E-state index < -0.39 is 5.97 Å². The molecule has 2 rings (SSSR count). The third kappa shape index (κ3) is 2.30. The van der Waals surface area contributed by atoms with Crippen LogP contribution in [-0.4, -0.2) is 35.2 Å². The van der Waals surface area contributed by atoms with Crippen LogP contribution >= 0.6 is 0 Å². The Morgan fingerprint density at radius 2 is 2.38 bits per heavy atom. The first-order chi connectivity index (χ1) is 7.66. The molecule has 16 heavy (non-hydrogen) atoms. The molecule has 0 bridgehead atoms. The van der Waals surface area contributed by atoms with Crippen LogP contribution in [0.4, 0.5) is 5.69 Å². The lowest BCUT2D eigenvalue weighted by Gasteiger charge is -2.32. The number of carbonyl (C=O) groups is 1. The summed E-state index contributed by atoms with van der Waals surface area (Å²) in [6.45, 7) is 1.77. The fourth-order valence-corrected chi connectivity index (χ4v) is 1.94. The number of carboxylic acids is 1. The Labute approximate surface area is 93.9 Å². The van der Waals surface area contributed by atoms with Crippen LogP contribution in [0.15, 0.2) is 18.3 Å². The van der Waals surface area contributed by atoms with Crippen molar-refractivity contribution in [3.8, 4) is 0 Å². The molecule has 5 heteroatoms. The van der Waals surface area contributed by atoms with Gasteiger partial charge in [0.05, 0.1) is 11.9 Å². The van der Waals surface area contributed by atoms with Gasteiger partial charge in [-0.2, -0.15) is 0 Å². The minimum Gasteiger partial charge on any atom is -0.477 e. The average molecular weight is 221 g/mol. The summed E-state index contributed by atoms with van der Waals surface area (Å²) in [6, 6.07) is 3.51. The Morgan fingerprint density at radius 3 is 2.94 bits per heavy atom. The van der Waals surface area contributed by atoms with Crippen LogP contribution in [0, 0.1) is 0 Å². The normalized spacial score (nSPS) is 20.8. The van der Waals surface area contributed by atoms with Crippen molar-refractivity contribution < 1.29 is 9.90 Å². The summed E-state index contributed by atoms with van der Waals surface area (Å²) in [5.41, 5.74) is 6.90. The number of hydrogen-bond acceptors (Lipinski definition) is 4. The van der Waals surface area contributed by atoms with Crippen molar-refractivity contribution in [2.75, 3.05) is 18.0 Å². The minimum absolute atomic E-state index is 0.0741. The molecule has 0 aromatic carbocycles. The summed E-state index contributed by atoms with van der Waals surface area (Å²) in [5.74, 6) is -0.998. The lowest BCUT2D eigenvalue weighted by Crippen LogP contribution is -2.42. The quantitative estimate of drug-likeness (QED) is 0.768. The van der Waals surface area contributed by atoms with Crippen LogP contribution in [-0.2, 0) is 0 Å². The lowest BCUT2D eigenvalue weighted by atomic mass is 10.1. The number of aromatic nitrogens is 1. The van der Waals surface area contributed by atoms with Crippen molar-refractivity contribution in [2.45, 2.75) is 18.9 Å². The van der Waals surface area contributed by atoms with Crippen molar-refractivity contribution in [2.24, 2.45) is 5.73 Å². The highest BCUT2D eigenvalue weighted by Crippen LogP contribution is 2.18. The van der Waals surface area contributed by atoms with Gasteiger partial charge < -0.3 is 15.7 Å². The second-order valence-corrected chi connectivity index (χ2v) is 4.06. The largest absolute Gasteiger partial charge is 0.477 e. The van der Waals surface area contributed by atoms with Crippen LogP contribution < -0.4 is 10.6 Å². The molecule has 0 spiro atoms. The smallest absolute Gasteiger partial charge is 0.354 e. The number of hydrogen-bond donors (Lipinski definition) is 2. The van der Waals surface area contributed by atoms with Crippen molar-refractivity contribution in [1.82, 2.24) is 4.98 Å². The molecule has 1 aromatic rings. The molecule has 3 N–H and O–H groups in total. The Balaban J connectivity index is 2.11. The number of carboxylic acid groups (broad SMARTS) is 1. The van der Waals surface area contributed by atoms with Crippen LogP contribution in [0.1, 0.15) is 23.3 Å². The molecule has 1 aromatic heterocycles. The number of anilines is 1. The molecule has 86 valence electrons. The van der Waals surface area contributed by atoms with Gasteiger partial charge in [-0.05, 0) is 25.0 Å². The van der Waals surface area contributed by atoms with E-state index in [1.807, 2.05) is 0 Å². The molecule has 1 saturated heterocycles. The number of piperidine rings is 1. The van der Waals surface area contributed by atoms with E-state index >= 15 is 0 Å². The molecule has 5 nitrogen and oxygen atoms in total. The Hall–Kier alpha value is -1.62. The average Bonchev–Trinajstić information content (AvgIpc) is 2.29. The van der Waals surface area contributed by atoms with Gasteiger partial charge in [-0.15, -0.1) is 0 Å². The Bertz CT molecular complexity index is 377. The van der Waals surface area contributed by atoms with Gasteiger partial charge in [0, 0.05) is 19.1 Å². The van der Waals surface area contributed by atoms with Gasteiger partial charge in [0.15, 0.2) is 0 Å². The zero-order valence-corrected chi connectivity index (χ0v) is 8.97. The van der Waals surface area contributed by atoms with E-state index in [9.17, 15) is 4.79 Å². The highest BCUT2D eigenvalue weighted by Gasteiger charge is 2.17. The van der Waals surface area contributed by atoms with E-state index in [-0.39, 0.29) is 11.7 Å². The van der Waals surface area contributed by atoms with E-state index in [2.05, 4.69) is 9.88 Å². The van der Waals surface area contributed by atoms with Crippen LogP contribution in [0.5, 0.6) is 0 Å². The number of aromatic carboxylic acids is 1. The second-order valence-electron chi connectivity index (χ2n) is 4.06. The lowest BCUT2D eigenvalue weighted by molar-refractivity contribution is 0.0690. The molecular weight excluding hydrogens is 206 g/mol. The molecule has 1 aliphatic rings. The molecule has 1 atom stereocenters. The molecule has 0 aliphatic carbocycles. The fourth-order valence-electron chi connectivity index (χ4n) is 1.94. The maximum atomic E-state index is 10.6. The van der Waals surface area contributed by atoms with Crippen LogP contribution in [0.2, 0.25) is 0 Å². The van der Waals surface area contributed by atoms with Crippen molar-refractivity contribution in [3.63, 3.8) is 0 Å². The van der Waals surface area contributed by atoms with Gasteiger partial charge in [0.2, 0.25) is 0 Å². The predicted molar refractivity (Wildman–Crippen MR) is 60.6 cm³/mol. The first-order valence-corrected chi connectivity index (χ1v) is 5.36. The molecular formula is C11H15N3O2. The van der Waals surface area contributed by atoms with Gasteiger partial charge in [0.1, 0.15) is 5.69 Å². The summed E-state index contributed by atoms with van der Waals surface area (Å²) < 4.78 is 0. The summed E-state index contributed by atoms with van der Waals surface area (Å²) >= 11 is 0. The monoisotopic (exact) mass is 221 g/mol. The molecule has 0 saturated carbocycles. The SMILES string of the molecule is NC1CCCN(c2ccc(C(=O)O)nc2)C1. The fraction of sp³-hybridized carbons (Fsp3) is 0.455. The maximum absolute atomic E-state index is 10.6. The Kier molecular flexibility index (Phi) is 3.05. The van der Waals surface area contributed by atoms with E-state index in [4.69, 9.17) is 10.8 Å². The molecule has 1 unspecified atom stereocenters. The van der Waals surface area contributed by atoms with Crippen LogP contribution in [0.3, 0.4) is 0 Å². The van der Waals surface area contributed by atoms with Gasteiger partial charge in [-0.3, -0.25) is 0 Å². The van der Waals surface area contributed by atoms with E-state index in [1.54, 1.807) is 12.3 Å². The summed E-state index contributed by atoms with van der Waals surface area (Å²) in [4.78, 5) is 16.7. The molecule has 1 fully saturated rings. The van der Waals surface area contributed by atoms with Gasteiger partial charge in [0.25, 0.3) is 0 Å². The van der Waals surface area contributed by atoms with Crippen molar-refractivity contribution in [1.29, 1.82) is 0 Å². The van der Waals surface area contributed by atoms with Gasteiger partial charge >= 0.3 is 5.97 Å². The predicted octanol–water partition coefficient (Wildman–Crippen LogP) is 0.707. The zero-order valence-electron chi connectivity index (χ0n) is 8.97. The molecule has 0 radical (unpaired) electrons. The van der Waals surface area contributed by atoms with E-state index in [0.29, 0.717) is 0 Å². The Morgan fingerprint density at radius 1 is 1.56 bits per heavy atom. The topological polar surface area (TPSA) is 79.5 Å². The van der Waals surface area contributed by atoms with E-state index in [0.717, 1.165) is 31.6 Å². The molecule has 1 aliphatic heterocycles. The summed E-state index contributed by atoms with van der Waals surface area (Å²) in [5, 5.41) is 8.73. The molecule has 0 amide bonds. The van der Waals surface area contributed by atoms with E-state index in [1.165, 1.54) is 6.07 Å². The second kappa shape index (κ2) is 4.49. The highest BCUT2D eigenvalue weighted by molar-refractivity contribution is 5.85. The summed E-state index contributed by atoms with van der Waals surface area (Å²) in [7, 11) is 0.